The van der Waals surface area contributed by atoms with E-state index in [9.17, 15) is 23.3 Å². The third-order valence-corrected chi connectivity index (χ3v) is 4.83. The first kappa shape index (κ1) is 18.0. The molecular weight excluding hydrogens is 402 g/mol. The molecule has 0 saturated carbocycles. The van der Waals surface area contributed by atoms with Gasteiger partial charge < -0.3 is 5.32 Å². The molecule has 24 heavy (non-hydrogen) atoms. The number of nitrogens with one attached hydrogen (secondary N) is 2. The number of halogens is 1. The Morgan fingerprint density at radius 3 is 2.46 bits per heavy atom. The second-order valence-corrected chi connectivity index (χ2v) is 7.32. The van der Waals surface area contributed by atoms with Crippen molar-refractivity contribution in [2.45, 2.75) is 4.90 Å². The number of carbonyl (C=O) groups excluding carboxylic acids is 1. The molecular formula is C14H12BrN3O5S. The Balaban J connectivity index is 1.99. The van der Waals surface area contributed by atoms with Crippen molar-refractivity contribution in [3.8, 4) is 0 Å². The van der Waals surface area contributed by atoms with Crippen LogP contribution in [0.1, 0.15) is 0 Å². The maximum Gasteiger partial charge on any atom is 0.271 e. The highest BCUT2D eigenvalue weighted by Crippen LogP contribution is 2.17. The van der Waals surface area contributed by atoms with Gasteiger partial charge in [0.25, 0.3) is 5.69 Å². The topological polar surface area (TPSA) is 118 Å². The molecule has 0 saturated heterocycles. The van der Waals surface area contributed by atoms with Crippen LogP contribution in [0.4, 0.5) is 11.4 Å². The number of amides is 1. The molecule has 10 heteroatoms. The van der Waals surface area contributed by atoms with E-state index in [-0.39, 0.29) is 16.3 Å². The fourth-order valence-corrected chi connectivity index (χ4v) is 3.01. The van der Waals surface area contributed by atoms with Gasteiger partial charge in [0.05, 0.1) is 16.4 Å². The van der Waals surface area contributed by atoms with Crippen molar-refractivity contribution in [3.63, 3.8) is 0 Å². The smallest absolute Gasteiger partial charge is 0.271 e. The molecule has 0 aliphatic heterocycles. The maximum atomic E-state index is 12.0. The fraction of sp³-hybridized carbons (Fsp3) is 0.0714. The second kappa shape index (κ2) is 7.51. The summed E-state index contributed by atoms with van der Waals surface area (Å²) in [5, 5.41) is 13.1. The molecule has 0 aromatic heterocycles. The standard InChI is InChI=1S/C14H12BrN3O5S/c15-10-4-6-13(7-5-10)24(22,23)16-9-14(19)17-11-2-1-3-12(8-11)18(20)21/h1-8,16H,9H2,(H,17,19). The summed E-state index contributed by atoms with van der Waals surface area (Å²) in [6.45, 7) is -0.499. The lowest BCUT2D eigenvalue weighted by atomic mass is 10.3. The van der Waals surface area contributed by atoms with E-state index >= 15 is 0 Å². The van der Waals surface area contributed by atoms with Crippen LogP contribution in [0.2, 0.25) is 0 Å². The van der Waals surface area contributed by atoms with Crippen molar-refractivity contribution in [1.29, 1.82) is 0 Å². The number of non-ortho nitro benzene ring substituents is 1. The Bertz CT molecular complexity index is 868. The predicted molar refractivity (Wildman–Crippen MR) is 91.1 cm³/mol. The van der Waals surface area contributed by atoms with Gasteiger partial charge in [-0.05, 0) is 30.3 Å². The Hall–Kier alpha value is -2.30. The van der Waals surface area contributed by atoms with Crippen LogP contribution < -0.4 is 10.0 Å². The Labute approximate surface area is 146 Å². The molecule has 0 aliphatic rings. The van der Waals surface area contributed by atoms with Crippen LogP contribution in [0.25, 0.3) is 0 Å². The quantitative estimate of drug-likeness (QED) is 0.555. The van der Waals surface area contributed by atoms with Crippen LogP contribution >= 0.6 is 15.9 Å². The number of benzene rings is 2. The lowest BCUT2D eigenvalue weighted by molar-refractivity contribution is -0.384. The third-order valence-electron chi connectivity index (χ3n) is 2.89. The fourth-order valence-electron chi connectivity index (χ4n) is 1.76. The van der Waals surface area contributed by atoms with Gasteiger partial charge in [-0.3, -0.25) is 14.9 Å². The number of nitro groups is 1. The van der Waals surface area contributed by atoms with Gasteiger partial charge in [0, 0.05) is 22.3 Å². The molecule has 8 nitrogen and oxygen atoms in total. The molecule has 2 N–H and O–H groups in total. The van der Waals surface area contributed by atoms with Crippen molar-refractivity contribution in [3.05, 3.63) is 63.1 Å². The number of anilines is 1. The van der Waals surface area contributed by atoms with Gasteiger partial charge in [0.2, 0.25) is 15.9 Å². The van der Waals surface area contributed by atoms with Crippen LogP contribution in [0.15, 0.2) is 57.9 Å². The molecule has 0 bridgehead atoms. The van der Waals surface area contributed by atoms with Crippen molar-refractivity contribution in [1.82, 2.24) is 4.72 Å². The summed E-state index contributed by atoms with van der Waals surface area (Å²) in [6, 6.07) is 11.3. The summed E-state index contributed by atoms with van der Waals surface area (Å²) in [5.41, 5.74) is 0.0280. The van der Waals surface area contributed by atoms with Gasteiger partial charge in [-0.25, -0.2) is 13.1 Å². The van der Waals surface area contributed by atoms with Crippen molar-refractivity contribution >= 4 is 43.2 Å². The van der Waals surface area contributed by atoms with Crippen LogP contribution in [-0.2, 0) is 14.8 Å². The summed E-state index contributed by atoms with van der Waals surface area (Å²) >= 11 is 3.20. The van der Waals surface area contributed by atoms with E-state index in [2.05, 4.69) is 26.0 Å². The highest BCUT2D eigenvalue weighted by atomic mass is 79.9. The minimum Gasteiger partial charge on any atom is -0.325 e. The van der Waals surface area contributed by atoms with E-state index in [0.29, 0.717) is 0 Å². The SMILES string of the molecule is O=C(CNS(=O)(=O)c1ccc(Br)cc1)Nc1cccc([N+](=O)[O-])c1. The third kappa shape index (κ3) is 4.85. The zero-order valence-electron chi connectivity index (χ0n) is 12.1. The van der Waals surface area contributed by atoms with E-state index in [4.69, 9.17) is 0 Å². The van der Waals surface area contributed by atoms with Crippen LogP contribution in [-0.4, -0.2) is 25.8 Å². The summed E-state index contributed by atoms with van der Waals surface area (Å²) in [6.07, 6.45) is 0. The van der Waals surface area contributed by atoms with Gasteiger partial charge in [-0.1, -0.05) is 22.0 Å². The zero-order chi connectivity index (χ0) is 17.7. The lowest BCUT2D eigenvalue weighted by Crippen LogP contribution is -2.32. The summed E-state index contributed by atoms with van der Waals surface area (Å²) in [4.78, 5) is 21.9. The average Bonchev–Trinajstić information content (AvgIpc) is 2.54. The van der Waals surface area contributed by atoms with Crippen LogP contribution in [0.5, 0.6) is 0 Å². The molecule has 126 valence electrons. The van der Waals surface area contributed by atoms with Gasteiger partial charge in [0.15, 0.2) is 0 Å². The second-order valence-electron chi connectivity index (χ2n) is 4.63. The first-order valence-corrected chi connectivity index (χ1v) is 8.85. The van der Waals surface area contributed by atoms with Gasteiger partial charge in [0.1, 0.15) is 0 Å². The number of hydrogen-bond donors (Lipinski definition) is 2. The molecule has 0 spiro atoms. The van der Waals surface area contributed by atoms with E-state index in [1.807, 2.05) is 0 Å². The van der Waals surface area contributed by atoms with E-state index in [1.165, 1.54) is 36.4 Å². The molecule has 0 unspecified atom stereocenters. The van der Waals surface area contributed by atoms with Crippen molar-refractivity contribution in [2.75, 3.05) is 11.9 Å². The van der Waals surface area contributed by atoms with Gasteiger partial charge in [-0.15, -0.1) is 0 Å². The summed E-state index contributed by atoms with van der Waals surface area (Å²) < 4.78 is 27.0. The first-order chi connectivity index (χ1) is 11.3. The summed E-state index contributed by atoms with van der Waals surface area (Å²) in [5.74, 6) is -0.642. The largest absolute Gasteiger partial charge is 0.325 e. The highest BCUT2D eigenvalue weighted by molar-refractivity contribution is 9.10. The predicted octanol–water partition coefficient (Wildman–Crippen LogP) is 2.27. The zero-order valence-corrected chi connectivity index (χ0v) is 14.5. The maximum absolute atomic E-state index is 12.0. The number of carbonyl (C=O) groups is 1. The number of nitrogens with zero attached hydrogens (tertiary/aromatic N) is 1. The Morgan fingerprint density at radius 2 is 1.83 bits per heavy atom. The number of nitro benzene ring substituents is 1. The molecule has 1 amide bonds. The van der Waals surface area contributed by atoms with E-state index < -0.39 is 27.4 Å². The number of sulfonamides is 1. The molecule has 2 rings (SSSR count). The molecule has 2 aromatic carbocycles. The van der Waals surface area contributed by atoms with Crippen molar-refractivity contribution < 1.29 is 18.1 Å². The Morgan fingerprint density at radius 1 is 1.17 bits per heavy atom. The van der Waals surface area contributed by atoms with E-state index in [0.717, 1.165) is 4.47 Å². The molecule has 0 atom stereocenters. The number of rotatable bonds is 6. The molecule has 0 fully saturated rings. The average molecular weight is 414 g/mol. The minimum absolute atomic E-state index is 0.0221. The first-order valence-electron chi connectivity index (χ1n) is 6.57. The molecule has 0 radical (unpaired) electrons. The molecule has 2 aromatic rings. The van der Waals surface area contributed by atoms with E-state index in [1.54, 1.807) is 12.1 Å². The normalized spacial score (nSPS) is 11.0. The highest BCUT2D eigenvalue weighted by Gasteiger charge is 2.16. The minimum atomic E-state index is -3.83. The lowest BCUT2D eigenvalue weighted by Gasteiger charge is -2.08. The monoisotopic (exact) mass is 413 g/mol. The summed E-state index contributed by atoms with van der Waals surface area (Å²) in [7, 11) is -3.83. The molecule has 0 aliphatic carbocycles. The van der Waals surface area contributed by atoms with Crippen LogP contribution in [0, 0.1) is 10.1 Å². The van der Waals surface area contributed by atoms with Crippen LogP contribution in [0.3, 0.4) is 0 Å². The van der Waals surface area contributed by atoms with Gasteiger partial charge in [-0.2, -0.15) is 0 Å². The van der Waals surface area contributed by atoms with Gasteiger partial charge >= 0.3 is 0 Å². The Kier molecular flexibility index (Phi) is 5.65. The number of hydrogen-bond acceptors (Lipinski definition) is 5. The van der Waals surface area contributed by atoms with Crippen molar-refractivity contribution in [2.24, 2.45) is 0 Å². The molecule has 0 heterocycles.